The summed E-state index contributed by atoms with van der Waals surface area (Å²) in [6.07, 6.45) is 37.2. The summed E-state index contributed by atoms with van der Waals surface area (Å²) >= 11 is 0. The largest absolute Gasteiger partial charge is 0.472 e. The zero-order valence-corrected chi connectivity index (χ0v) is 31.1. The lowest BCUT2D eigenvalue weighted by Crippen LogP contribution is -2.29. The molecule has 0 saturated carbocycles. The molecule has 9 nitrogen and oxygen atoms in total. The van der Waals surface area contributed by atoms with Crippen molar-refractivity contribution in [2.45, 2.75) is 155 Å². The van der Waals surface area contributed by atoms with E-state index in [-0.39, 0.29) is 32.6 Å². The molecule has 0 radical (unpaired) electrons. The van der Waals surface area contributed by atoms with Gasteiger partial charge in [-0.2, -0.15) is 0 Å². The molecule has 0 aromatic rings. The Labute approximate surface area is 292 Å². The molecule has 0 aromatic carbocycles. The van der Waals surface area contributed by atoms with Crippen molar-refractivity contribution in [3.05, 3.63) is 48.6 Å². The van der Waals surface area contributed by atoms with Gasteiger partial charge in [-0.15, -0.1) is 0 Å². The van der Waals surface area contributed by atoms with Gasteiger partial charge in [0.15, 0.2) is 6.10 Å². The molecule has 0 spiro atoms. The maximum absolute atomic E-state index is 12.5. The van der Waals surface area contributed by atoms with Gasteiger partial charge in [-0.3, -0.25) is 18.6 Å². The van der Waals surface area contributed by atoms with Gasteiger partial charge in [-0.25, -0.2) is 4.57 Å². The summed E-state index contributed by atoms with van der Waals surface area (Å²) in [4.78, 5) is 34.6. The second kappa shape index (κ2) is 34.8. The second-order valence-corrected chi connectivity index (χ2v) is 13.5. The minimum absolute atomic E-state index is 0.0469. The predicted octanol–water partition coefficient (Wildman–Crippen LogP) is 9.99. The van der Waals surface area contributed by atoms with Crippen molar-refractivity contribution in [1.29, 1.82) is 0 Å². The number of carbonyl (C=O) groups is 2. The highest BCUT2D eigenvalue weighted by Crippen LogP contribution is 2.43. The highest BCUT2D eigenvalue weighted by atomic mass is 31.2. The minimum atomic E-state index is -4.38. The lowest BCUT2D eigenvalue weighted by atomic mass is 10.0. The summed E-state index contributed by atoms with van der Waals surface area (Å²) in [7, 11) is -4.38. The number of ether oxygens (including phenoxy) is 2. The van der Waals surface area contributed by atoms with Gasteiger partial charge < -0.3 is 20.1 Å². The van der Waals surface area contributed by atoms with Gasteiger partial charge in [0.25, 0.3) is 0 Å². The van der Waals surface area contributed by atoms with E-state index in [0.29, 0.717) is 12.8 Å². The van der Waals surface area contributed by atoms with Crippen molar-refractivity contribution in [2.75, 3.05) is 26.4 Å². The fraction of sp³-hybridized carbons (Fsp3) is 0.737. The number of unbranched alkanes of at least 4 members (excludes halogenated alkanes) is 13. The normalized spacial score (nSPS) is 14.0. The topological polar surface area (TPSA) is 134 Å². The molecule has 0 saturated heterocycles. The first-order valence-electron chi connectivity index (χ1n) is 18.6. The molecule has 0 aromatic heterocycles. The quantitative estimate of drug-likeness (QED) is 0.0291. The number of esters is 2. The van der Waals surface area contributed by atoms with E-state index in [0.717, 1.165) is 57.8 Å². The SMILES string of the molecule is CC/C=C/C/C=C/C/C=C/C/C=C/CCCCC(=O)OC[C@H](COP(=O)(O)OCCN)OC(=O)CCCCCCCCCCCCCC. The first-order valence-corrected chi connectivity index (χ1v) is 20.1. The Kier molecular flexibility index (Phi) is 33.3. The number of carbonyl (C=O) groups excluding carboxylic acids is 2. The molecule has 0 amide bonds. The summed E-state index contributed by atoms with van der Waals surface area (Å²) < 4.78 is 32.6. The van der Waals surface area contributed by atoms with Crippen LogP contribution in [0, 0.1) is 0 Å². The zero-order valence-electron chi connectivity index (χ0n) is 30.2. The summed E-state index contributed by atoms with van der Waals surface area (Å²) in [5.41, 5.74) is 5.32. The highest BCUT2D eigenvalue weighted by Gasteiger charge is 2.25. The van der Waals surface area contributed by atoms with Crippen molar-refractivity contribution in [3.8, 4) is 0 Å². The Morgan fingerprint density at radius 3 is 1.71 bits per heavy atom. The lowest BCUT2D eigenvalue weighted by molar-refractivity contribution is -0.161. The first kappa shape index (κ1) is 46.0. The van der Waals surface area contributed by atoms with Crippen LogP contribution < -0.4 is 5.73 Å². The van der Waals surface area contributed by atoms with Crippen LogP contribution in [-0.2, 0) is 32.7 Å². The molecule has 10 heteroatoms. The van der Waals surface area contributed by atoms with E-state index in [1.54, 1.807) is 0 Å². The minimum Gasteiger partial charge on any atom is -0.462 e. The average molecular weight is 698 g/mol. The molecule has 48 heavy (non-hydrogen) atoms. The molecule has 0 fully saturated rings. The predicted molar refractivity (Wildman–Crippen MR) is 196 cm³/mol. The van der Waals surface area contributed by atoms with E-state index >= 15 is 0 Å². The lowest BCUT2D eigenvalue weighted by Gasteiger charge is -2.19. The molecule has 2 atom stereocenters. The average Bonchev–Trinajstić information content (AvgIpc) is 3.07. The van der Waals surface area contributed by atoms with Gasteiger partial charge in [-0.1, -0.05) is 133 Å². The Balaban J connectivity index is 4.31. The van der Waals surface area contributed by atoms with Crippen LogP contribution in [0.5, 0.6) is 0 Å². The van der Waals surface area contributed by atoms with Crippen molar-refractivity contribution in [3.63, 3.8) is 0 Å². The van der Waals surface area contributed by atoms with Crippen LogP contribution in [0.4, 0.5) is 0 Å². The standard InChI is InChI=1S/C38H68NO8P/c1-3-5-7-9-11-13-15-17-18-19-21-22-24-26-28-30-37(40)44-34-36(35-46-48(42,43)45-33-32-39)47-38(41)31-29-27-25-23-20-16-14-12-10-8-6-4-2/h5,7,11,13,17-18,21-22,36H,3-4,6,8-10,12,14-16,19-20,23-35,39H2,1-2H3,(H,42,43)/b7-5+,13-11+,18-17+,22-21+/t36-/m1/s1. The van der Waals surface area contributed by atoms with E-state index in [1.165, 1.54) is 51.4 Å². The zero-order chi connectivity index (χ0) is 35.4. The number of allylic oxidation sites excluding steroid dienone is 8. The van der Waals surface area contributed by atoms with Gasteiger partial charge in [0.1, 0.15) is 6.61 Å². The number of phosphoric ester groups is 1. The Morgan fingerprint density at radius 2 is 1.15 bits per heavy atom. The molecule has 0 bridgehead atoms. The number of hydrogen-bond donors (Lipinski definition) is 2. The van der Waals surface area contributed by atoms with Crippen LogP contribution in [-0.4, -0.2) is 49.3 Å². The molecule has 0 aliphatic heterocycles. The van der Waals surface area contributed by atoms with Crippen molar-refractivity contribution < 1.29 is 37.6 Å². The molecule has 3 N–H and O–H groups in total. The molecule has 278 valence electrons. The van der Waals surface area contributed by atoms with Crippen molar-refractivity contribution in [1.82, 2.24) is 0 Å². The molecule has 0 aliphatic rings. The van der Waals surface area contributed by atoms with E-state index in [4.69, 9.17) is 24.3 Å². The molecule has 1 unspecified atom stereocenters. The summed E-state index contributed by atoms with van der Waals surface area (Å²) in [6.45, 7) is 3.54. The second-order valence-electron chi connectivity index (χ2n) is 12.1. The van der Waals surface area contributed by atoms with Crippen LogP contribution >= 0.6 is 7.82 Å². The summed E-state index contributed by atoms with van der Waals surface area (Å²) in [5, 5.41) is 0. The fourth-order valence-electron chi connectivity index (χ4n) is 4.74. The number of nitrogens with two attached hydrogens (primary N) is 1. The smallest absolute Gasteiger partial charge is 0.462 e. The van der Waals surface area contributed by atoms with Crippen LogP contribution in [0.2, 0.25) is 0 Å². The van der Waals surface area contributed by atoms with E-state index in [1.807, 2.05) is 0 Å². The summed E-state index contributed by atoms with van der Waals surface area (Å²) in [6, 6.07) is 0. The maximum Gasteiger partial charge on any atom is 0.472 e. The number of phosphoric acid groups is 1. The van der Waals surface area contributed by atoms with Crippen molar-refractivity contribution in [2.24, 2.45) is 5.73 Å². The molecule has 0 rings (SSSR count). The molecular weight excluding hydrogens is 629 g/mol. The van der Waals surface area contributed by atoms with E-state index in [2.05, 4.69) is 62.5 Å². The third-order valence-corrected chi connectivity index (χ3v) is 8.46. The van der Waals surface area contributed by atoms with E-state index in [9.17, 15) is 19.0 Å². The van der Waals surface area contributed by atoms with Crippen molar-refractivity contribution >= 4 is 19.8 Å². The first-order chi connectivity index (χ1) is 23.3. The van der Waals surface area contributed by atoms with Gasteiger partial charge in [0, 0.05) is 19.4 Å². The van der Waals surface area contributed by atoms with Crippen LogP contribution in [0.1, 0.15) is 149 Å². The van der Waals surface area contributed by atoms with Gasteiger partial charge in [0.05, 0.1) is 13.2 Å². The third-order valence-electron chi connectivity index (χ3n) is 7.48. The van der Waals surface area contributed by atoms with Gasteiger partial charge >= 0.3 is 19.8 Å². The fourth-order valence-corrected chi connectivity index (χ4v) is 5.51. The van der Waals surface area contributed by atoms with Crippen LogP contribution in [0.15, 0.2) is 48.6 Å². The number of rotatable bonds is 34. The Hall–Kier alpha value is -2.03. The molecular formula is C38H68NO8P. The Bertz CT molecular complexity index is 934. The number of hydrogen-bond acceptors (Lipinski definition) is 8. The highest BCUT2D eigenvalue weighted by molar-refractivity contribution is 7.47. The van der Waals surface area contributed by atoms with Gasteiger partial charge in [-0.05, 0) is 51.4 Å². The van der Waals surface area contributed by atoms with E-state index < -0.39 is 32.5 Å². The maximum atomic E-state index is 12.5. The Morgan fingerprint density at radius 1 is 0.646 bits per heavy atom. The third kappa shape index (κ3) is 33.9. The molecule has 0 aliphatic carbocycles. The monoisotopic (exact) mass is 697 g/mol. The van der Waals surface area contributed by atoms with Crippen LogP contribution in [0.25, 0.3) is 0 Å². The van der Waals surface area contributed by atoms with Crippen LogP contribution in [0.3, 0.4) is 0 Å². The van der Waals surface area contributed by atoms with Gasteiger partial charge in [0.2, 0.25) is 0 Å². The molecule has 0 heterocycles. The summed E-state index contributed by atoms with van der Waals surface area (Å²) in [5.74, 6) is -0.881.